The Morgan fingerprint density at radius 1 is 0.362 bits per heavy atom. The van der Waals surface area contributed by atoms with Crippen LogP contribution in [0.3, 0.4) is 0 Å². The lowest BCUT2D eigenvalue weighted by atomic mass is 9.89. The SMILES string of the molecule is c1ccc2cc(-c3ccc(-c4ccc5ccccc5c4)c4cc5cc(-c6nccc7c6sc6ccccc67)ccc5cc34)ccc2c1. The van der Waals surface area contributed by atoms with Gasteiger partial charge in [-0.15, -0.1) is 11.3 Å². The third kappa shape index (κ3) is 4.26. The summed E-state index contributed by atoms with van der Waals surface area (Å²) in [6.45, 7) is 0. The number of pyridine rings is 1. The third-order valence-electron chi connectivity index (χ3n) is 9.66. The monoisotopic (exact) mass is 613 g/mol. The van der Waals surface area contributed by atoms with Gasteiger partial charge in [0.15, 0.2) is 0 Å². The molecule has 10 aromatic rings. The molecule has 0 aliphatic carbocycles. The summed E-state index contributed by atoms with van der Waals surface area (Å²) in [6, 6.07) is 57.9. The molecule has 0 N–H and O–H groups in total. The van der Waals surface area contributed by atoms with E-state index in [2.05, 4.69) is 158 Å². The Kier molecular flexibility index (Phi) is 5.81. The molecule has 0 aliphatic rings. The molecule has 0 saturated carbocycles. The molecule has 1 nitrogen and oxygen atoms in total. The van der Waals surface area contributed by atoms with Gasteiger partial charge in [-0.05, 0) is 108 Å². The maximum atomic E-state index is 4.92. The maximum absolute atomic E-state index is 4.92. The highest BCUT2D eigenvalue weighted by Gasteiger charge is 2.15. The first kappa shape index (κ1) is 26.4. The Bertz CT molecular complexity index is 2860. The highest BCUT2D eigenvalue weighted by Crippen LogP contribution is 2.42. The quantitative estimate of drug-likeness (QED) is 0.181. The molecule has 0 fully saturated rings. The largest absolute Gasteiger partial charge is 0.255 e. The minimum Gasteiger partial charge on any atom is -0.255 e. The molecular formula is C45H27NS. The van der Waals surface area contributed by atoms with Gasteiger partial charge in [-0.25, -0.2) is 0 Å². The van der Waals surface area contributed by atoms with Crippen molar-refractivity contribution in [1.29, 1.82) is 0 Å². The lowest BCUT2D eigenvalue weighted by Gasteiger charge is -2.15. The Hall–Kier alpha value is -5.83. The molecule has 0 saturated heterocycles. The van der Waals surface area contributed by atoms with Gasteiger partial charge in [0.25, 0.3) is 0 Å². The van der Waals surface area contributed by atoms with Crippen LogP contribution in [-0.2, 0) is 0 Å². The van der Waals surface area contributed by atoms with Crippen LogP contribution in [0.25, 0.3) is 96.8 Å². The van der Waals surface area contributed by atoms with Crippen LogP contribution in [-0.4, -0.2) is 4.98 Å². The average molecular weight is 614 g/mol. The van der Waals surface area contributed by atoms with Crippen LogP contribution in [0.1, 0.15) is 0 Å². The molecule has 0 unspecified atom stereocenters. The third-order valence-corrected chi connectivity index (χ3v) is 10.9. The first-order valence-electron chi connectivity index (χ1n) is 16.0. The van der Waals surface area contributed by atoms with E-state index >= 15 is 0 Å². The molecule has 10 rings (SSSR count). The summed E-state index contributed by atoms with van der Waals surface area (Å²) in [5.74, 6) is 0. The summed E-state index contributed by atoms with van der Waals surface area (Å²) in [4.78, 5) is 4.92. The highest BCUT2D eigenvalue weighted by atomic mass is 32.1. The minimum atomic E-state index is 1.05. The van der Waals surface area contributed by atoms with Gasteiger partial charge in [0.1, 0.15) is 0 Å². The van der Waals surface area contributed by atoms with Gasteiger partial charge in [-0.1, -0.05) is 115 Å². The van der Waals surface area contributed by atoms with Gasteiger partial charge in [-0.2, -0.15) is 0 Å². The van der Waals surface area contributed by atoms with E-state index in [0.717, 1.165) is 11.3 Å². The van der Waals surface area contributed by atoms with Crippen molar-refractivity contribution in [2.45, 2.75) is 0 Å². The second kappa shape index (κ2) is 10.3. The highest BCUT2D eigenvalue weighted by molar-refractivity contribution is 7.26. The minimum absolute atomic E-state index is 1.05. The van der Waals surface area contributed by atoms with Crippen molar-refractivity contribution < 1.29 is 0 Å². The summed E-state index contributed by atoms with van der Waals surface area (Å²) in [6.07, 6.45) is 1.95. The van der Waals surface area contributed by atoms with E-state index in [1.807, 2.05) is 17.5 Å². The van der Waals surface area contributed by atoms with Gasteiger partial charge in [0.05, 0.1) is 10.4 Å². The molecule has 2 aromatic heterocycles. The Labute approximate surface area is 276 Å². The second-order valence-electron chi connectivity index (χ2n) is 12.4. The fraction of sp³-hybridized carbons (Fsp3) is 0. The van der Waals surface area contributed by atoms with Crippen LogP contribution >= 0.6 is 11.3 Å². The second-order valence-corrected chi connectivity index (χ2v) is 13.4. The van der Waals surface area contributed by atoms with Crippen molar-refractivity contribution >= 4 is 74.6 Å². The van der Waals surface area contributed by atoms with Crippen molar-refractivity contribution in [1.82, 2.24) is 4.98 Å². The zero-order valence-corrected chi connectivity index (χ0v) is 26.3. The molecule has 218 valence electrons. The number of nitrogens with zero attached hydrogens (tertiary/aromatic N) is 1. The Balaban J connectivity index is 1.22. The summed E-state index contributed by atoms with van der Waals surface area (Å²) < 4.78 is 2.54. The molecule has 2 heteroatoms. The average Bonchev–Trinajstić information content (AvgIpc) is 3.52. The van der Waals surface area contributed by atoms with Gasteiger partial charge in [0, 0.05) is 27.2 Å². The first-order valence-corrected chi connectivity index (χ1v) is 16.8. The normalized spacial score (nSPS) is 11.8. The van der Waals surface area contributed by atoms with Crippen LogP contribution in [0.2, 0.25) is 0 Å². The number of aromatic nitrogens is 1. The van der Waals surface area contributed by atoms with Crippen molar-refractivity contribution in [2.75, 3.05) is 0 Å². The molecule has 0 atom stereocenters. The lowest BCUT2D eigenvalue weighted by Crippen LogP contribution is -1.89. The molecule has 2 heterocycles. The molecule has 47 heavy (non-hydrogen) atoms. The molecule has 0 amide bonds. The van der Waals surface area contributed by atoms with E-state index in [0.29, 0.717) is 0 Å². The van der Waals surface area contributed by atoms with E-state index in [4.69, 9.17) is 4.98 Å². The van der Waals surface area contributed by atoms with E-state index in [9.17, 15) is 0 Å². The molecule has 8 aromatic carbocycles. The van der Waals surface area contributed by atoms with Crippen LogP contribution < -0.4 is 0 Å². The summed E-state index contributed by atoms with van der Waals surface area (Å²) >= 11 is 1.83. The zero-order chi connectivity index (χ0) is 30.9. The summed E-state index contributed by atoms with van der Waals surface area (Å²) in [7, 11) is 0. The maximum Gasteiger partial charge on any atom is 0.0880 e. The number of rotatable bonds is 3. The van der Waals surface area contributed by atoms with Crippen molar-refractivity contribution in [3.63, 3.8) is 0 Å². The fourth-order valence-corrected chi connectivity index (χ4v) is 8.52. The zero-order valence-electron chi connectivity index (χ0n) is 25.4. The number of benzene rings is 8. The van der Waals surface area contributed by atoms with Gasteiger partial charge in [0.2, 0.25) is 0 Å². The standard InChI is InChI=1S/C45H27NS/c1-3-9-30-23-33(16-13-28(30)7-1)37-19-20-38(34-17-14-29-8-2-4-10-31(29)24-34)42-27-36-25-35(18-15-32(36)26-41(37)42)44-45-40(21-22-46-44)39-11-5-6-12-43(39)47-45/h1-27H. The molecule has 0 radical (unpaired) electrons. The number of hydrogen-bond donors (Lipinski definition) is 0. The van der Waals surface area contributed by atoms with Crippen molar-refractivity contribution in [3.8, 4) is 33.5 Å². The summed E-state index contributed by atoms with van der Waals surface area (Å²) in [5, 5.41) is 12.5. The number of hydrogen-bond acceptors (Lipinski definition) is 2. The lowest BCUT2D eigenvalue weighted by molar-refractivity contribution is 1.37. The van der Waals surface area contributed by atoms with E-state index in [1.165, 1.54) is 85.5 Å². The predicted molar refractivity (Wildman–Crippen MR) is 203 cm³/mol. The topological polar surface area (TPSA) is 12.9 Å². The number of fused-ring (bicyclic) bond motifs is 7. The molecule has 0 spiro atoms. The molecule has 0 aliphatic heterocycles. The Morgan fingerprint density at radius 2 is 0.894 bits per heavy atom. The van der Waals surface area contributed by atoms with Crippen LogP contribution in [0, 0.1) is 0 Å². The van der Waals surface area contributed by atoms with Crippen molar-refractivity contribution in [3.05, 3.63) is 164 Å². The van der Waals surface area contributed by atoms with E-state index < -0.39 is 0 Å². The fourth-order valence-electron chi connectivity index (χ4n) is 7.31. The molecular weight excluding hydrogens is 587 g/mol. The molecule has 0 bridgehead atoms. The van der Waals surface area contributed by atoms with E-state index in [-0.39, 0.29) is 0 Å². The summed E-state index contributed by atoms with van der Waals surface area (Å²) in [5.41, 5.74) is 7.14. The van der Waals surface area contributed by atoms with Crippen molar-refractivity contribution in [2.24, 2.45) is 0 Å². The number of thiophene rings is 1. The first-order chi connectivity index (χ1) is 23.3. The van der Waals surface area contributed by atoms with Gasteiger partial charge >= 0.3 is 0 Å². The Morgan fingerprint density at radius 3 is 1.60 bits per heavy atom. The van der Waals surface area contributed by atoms with Gasteiger partial charge in [-0.3, -0.25) is 4.98 Å². The smallest absolute Gasteiger partial charge is 0.0880 e. The van der Waals surface area contributed by atoms with E-state index in [1.54, 1.807) is 0 Å². The van der Waals surface area contributed by atoms with Crippen LogP contribution in [0.4, 0.5) is 0 Å². The predicted octanol–water partition coefficient (Wildman–Crippen LogP) is 13.1. The van der Waals surface area contributed by atoms with Gasteiger partial charge < -0.3 is 0 Å². The van der Waals surface area contributed by atoms with Crippen LogP contribution in [0.5, 0.6) is 0 Å². The van der Waals surface area contributed by atoms with Crippen LogP contribution in [0.15, 0.2) is 164 Å².